The Morgan fingerprint density at radius 3 is 2.95 bits per heavy atom. The van der Waals surface area contributed by atoms with Gasteiger partial charge in [0, 0.05) is 31.2 Å². The van der Waals surface area contributed by atoms with Crippen molar-refractivity contribution in [2.45, 2.75) is 32.8 Å². The monoisotopic (exact) mass is 282 g/mol. The van der Waals surface area contributed by atoms with Gasteiger partial charge < -0.3 is 20.5 Å². The summed E-state index contributed by atoms with van der Waals surface area (Å²) in [6.45, 7) is 5.97. The Balaban J connectivity index is 2.03. The highest BCUT2D eigenvalue weighted by molar-refractivity contribution is 5.68. The van der Waals surface area contributed by atoms with E-state index in [1.54, 1.807) is 6.07 Å². The van der Waals surface area contributed by atoms with E-state index in [4.69, 9.17) is 15.2 Å². The number of rotatable bonds is 6. The third kappa shape index (κ3) is 3.33. The lowest BCUT2D eigenvalue weighted by Crippen LogP contribution is -2.23. The van der Waals surface area contributed by atoms with E-state index in [0.717, 1.165) is 31.7 Å². The van der Waals surface area contributed by atoms with Crippen LogP contribution in [0.4, 0.5) is 15.8 Å². The average Bonchev–Trinajstić information content (AvgIpc) is 2.88. The van der Waals surface area contributed by atoms with Gasteiger partial charge in [-0.05, 0) is 19.8 Å². The molecule has 1 heterocycles. The summed E-state index contributed by atoms with van der Waals surface area (Å²) in [6, 6.07) is 2.93. The maximum absolute atomic E-state index is 13.6. The highest BCUT2D eigenvalue weighted by Crippen LogP contribution is 2.30. The molecule has 0 spiro atoms. The molecule has 4 nitrogen and oxygen atoms in total. The number of hydrogen-bond donors (Lipinski definition) is 2. The lowest BCUT2D eigenvalue weighted by molar-refractivity contribution is 0.0900. The van der Waals surface area contributed by atoms with Crippen LogP contribution in [0, 0.1) is 11.7 Å². The second-order valence-corrected chi connectivity index (χ2v) is 5.05. The summed E-state index contributed by atoms with van der Waals surface area (Å²) in [5.41, 5.74) is 6.97. The molecule has 1 aliphatic rings. The van der Waals surface area contributed by atoms with Crippen LogP contribution in [-0.2, 0) is 4.74 Å². The SMILES string of the molecule is CCOc1cc(NCC2CCOC2CC)c(N)cc1F. The Bertz CT molecular complexity index is 454. The molecule has 3 N–H and O–H groups in total. The highest BCUT2D eigenvalue weighted by Gasteiger charge is 2.26. The maximum atomic E-state index is 13.6. The summed E-state index contributed by atoms with van der Waals surface area (Å²) in [4.78, 5) is 0. The fraction of sp³-hybridized carbons (Fsp3) is 0.600. The van der Waals surface area contributed by atoms with E-state index in [0.29, 0.717) is 24.3 Å². The smallest absolute Gasteiger partial charge is 0.167 e. The lowest BCUT2D eigenvalue weighted by Gasteiger charge is -2.19. The van der Waals surface area contributed by atoms with Crippen LogP contribution < -0.4 is 15.8 Å². The Kier molecular flexibility index (Phi) is 5.06. The molecule has 2 atom stereocenters. The number of hydrogen-bond acceptors (Lipinski definition) is 4. The number of nitrogens with two attached hydrogens (primary N) is 1. The van der Waals surface area contributed by atoms with Gasteiger partial charge >= 0.3 is 0 Å². The molecule has 0 bridgehead atoms. The molecule has 112 valence electrons. The number of halogens is 1. The summed E-state index contributed by atoms with van der Waals surface area (Å²) < 4.78 is 24.5. The van der Waals surface area contributed by atoms with Crippen molar-refractivity contribution in [3.05, 3.63) is 17.9 Å². The number of anilines is 2. The van der Waals surface area contributed by atoms with Crippen molar-refractivity contribution in [3.8, 4) is 5.75 Å². The van der Waals surface area contributed by atoms with Crippen molar-refractivity contribution in [1.82, 2.24) is 0 Å². The quantitative estimate of drug-likeness (QED) is 0.787. The van der Waals surface area contributed by atoms with Crippen molar-refractivity contribution < 1.29 is 13.9 Å². The van der Waals surface area contributed by atoms with Crippen LogP contribution in [0.5, 0.6) is 5.75 Å². The molecule has 2 rings (SSSR count). The van der Waals surface area contributed by atoms with Crippen LogP contribution in [0.25, 0.3) is 0 Å². The van der Waals surface area contributed by atoms with E-state index in [1.807, 2.05) is 6.92 Å². The lowest BCUT2D eigenvalue weighted by atomic mass is 9.99. The molecule has 0 saturated carbocycles. The van der Waals surface area contributed by atoms with Gasteiger partial charge in [-0.15, -0.1) is 0 Å². The van der Waals surface area contributed by atoms with Crippen molar-refractivity contribution in [2.24, 2.45) is 5.92 Å². The molecular formula is C15H23FN2O2. The second-order valence-electron chi connectivity index (χ2n) is 5.05. The summed E-state index contributed by atoms with van der Waals surface area (Å²) >= 11 is 0. The normalized spacial score (nSPS) is 21.9. The first-order valence-corrected chi connectivity index (χ1v) is 7.23. The van der Waals surface area contributed by atoms with Crippen molar-refractivity contribution >= 4 is 11.4 Å². The van der Waals surface area contributed by atoms with Crippen LogP contribution in [-0.4, -0.2) is 25.9 Å². The minimum absolute atomic E-state index is 0.235. The second kappa shape index (κ2) is 6.79. The van der Waals surface area contributed by atoms with Gasteiger partial charge in [0.15, 0.2) is 11.6 Å². The van der Waals surface area contributed by atoms with Gasteiger partial charge in [-0.1, -0.05) is 6.92 Å². The molecule has 0 amide bonds. The number of benzene rings is 1. The number of nitrogen functional groups attached to an aromatic ring is 1. The number of nitrogens with one attached hydrogen (secondary N) is 1. The zero-order valence-electron chi connectivity index (χ0n) is 12.1. The van der Waals surface area contributed by atoms with E-state index >= 15 is 0 Å². The standard InChI is InChI=1S/C15H23FN2O2/c1-3-14-10(5-6-20-14)9-18-13-8-15(19-4-2)11(16)7-12(13)17/h7-8,10,14,18H,3-6,9,17H2,1-2H3. The van der Waals surface area contributed by atoms with E-state index in [-0.39, 0.29) is 5.75 Å². The summed E-state index contributed by atoms with van der Waals surface area (Å²) in [5, 5.41) is 3.29. The fourth-order valence-electron chi connectivity index (χ4n) is 2.61. The molecule has 20 heavy (non-hydrogen) atoms. The van der Waals surface area contributed by atoms with Crippen molar-refractivity contribution in [3.63, 3.8) is 0 Å². The summed E-state index contributed by atoms with van der Waals surface area (Å²) in [7, 11) is 0. The Labute approximate surface area is 119 Å². The molecule has 1 aromatic rings. The predicted molar refractivity (Wildman–Crippen MR) is 78.6 cm³/mol. The van der Waals surface area contributed by atoms with Crippen LogP contribution >= 0.6 is 0 Å². The molecule has 2 unspecified atom stereocenters. The van der Waals surface area contributed by atoms with Gasteiger partial charge in [0.05, 0.1) is 24.1 Å². The van der Waals surface area contributed by atoms with Gasteiger partial charge in [0.2, 0.25) is 0 Å². The van der Waals surface area contributed by atoms with Crippen LogP contribution in [0.3, 0.4) is 0 Å². The Hall–Kier alpha value is -1.49. The van der Waals surface area contributed by atoms with Gasteiger partial charge in [-0.25, -0.2) is 4.39 Å². The molecule has 5 heteroatoms. The minimum Gasteiger partial charge on any atom is -0.491 e. The molecule has 1 aromatic carbocycles. The Morgan fingerprint density at radius 1 is 1.45 bits per heavy atom. The first-order valence-electron chi connectivity index (χ1n) is 7.23. The minimum atomic E-state index is -0.425. The van der Waals surface area contributed by atoms with Crippen LogP contribution in [0.2, 0.25) is 0 Å². The largest absolute Gasteiger partial charge is 0.491 e. The zero-order valence-corrected chi connectivity index (χ0v) is 12.1. The molecule has 0 aromatic heterocycles. The van der Waals surface area contributed by atoms with Gasteiger partial charge in [-0.3, -0.25) is 0 Å². The van der Waals surface area contributed by atoms with E-state index in [1.165, 1.54) is 6.07 Å². The maximum Gasteiger partial charge on any atom is 0.167 e. The van der Waals surface area contributed by atoms with E-state index in [9.17, 15) is 4.39 Å². The highest BCUT2D eigenvalue weighted by atomic mass is 19.1. The summed E-state index contributed by atoms with van der Waals surface area (Å²) in [5.74, 6) is 0.282. The van der Waals surface area contributed by atoms with Crippen LogP contribution in [0.1, 0.15) is 26.7 Å². The third-order valence-electron chi connectivity index (χ3n) is 3.71. The van der Waals surface area contributed by atoms with E-state index < -0.39 is 5.82 Å². The molecule has 1 saturated heterocycles. The fourth-order valence-corrected chi connectivity index (χ4v) is 2.61. The molecule has 1 aliphatic heterocycles. The first-order chi connectivity index (χ1) is 9.65. The average molecular weight is 282 g/mol. The van der Waals surface area contributed by atoms with Crippen LogP contribution in [0.15, 0.2) is 12.1 Å². The summed E-state index contributed by atoms with van der Waals surface area (Å²) in [6.07, 6.45) is 2.36. The zero-order chi connectivity index (χ0) is 14.5. The molecule has 0 aliphatic carbocycles. The van der Waals surface area contributed by atoms with E-state index in [2.05, 4.69) is 12.2 Å². The predicted octanol–water partition coefficient (Wildman–Crippen LogP) is 3.03. The molecule has 1 fully saturated rings. The molecular weight excluding hydrogens is 259 g/mol. The topological polar surface area (TPSA) is 56.5 Å². The van der Waals surface area contributed by atoms with Crippen molar-refractivity contribution in [2.75, 3.05) is 30.8 Å². The first kappa shape index (κ1) is 14.9. The Morgan fingerprint density at radius 2 is 2.25 bits per heavy atom. The van der Waals surface area contributed by atoms with Crippen molar-refractivity contribution in [1.29, 1.82) is 0 Å². The number of ether oxygens (including phenoxy) is 2. The molecule has 0 radical (unpaired) electrons. The van der Waals surface area contributed by atoms with Gasteiger partial charge in [0.1, 0.15) is 0 Å². The van der Waals surface area contributed by atoms with Gasteiger partial charge in [-0.2, -0.15) is 0 Å². The third-order valence-corrected chi connectivity index (χ3v) is 3.71. The van der Waals surface area contributed by atoms with Gasteiger partial charge in [0.25, 0.3) is 0 Å².